The van der Waals surface area contributed by atoms with Crippen LogP contribution in [0.3, 0.4) is 0 Å². The Morgan fingerprint density at radius 3 is 2.97 bits per heavy atom. The van der Waals surface area contributed by atoms with Crippen LogP contribution in [0.25, 0.3) is 0 Å². The maximum Gasteiger partial charge on any atom is 0.410 e. The molecule has 7 nitrogen and oxygen atoms in total. The summed E-state index contributed by atoms with van der Waals surface area (Å²) in [6, 6.07) is 2.52. The van der Waals surface area contributed by atoms with Crippen molar-refractivity contribution in [2.24, 2.45) is 4.99 Å². The Balaban J connectivity index is 0.00000240. The average molecular weight is 533 g/mol. The number of rotatable bonds is 3. The third kappa shape index (κ3) is 5.55. The molecule has 1 saturated heterocycles. The molecule has 9 heteroatoms. The molecule has 1 amide bonds. The molecule has 0 spiro atoms. The van der Waals surface area contributed by atoms with E-state index in [1.54, 1.807) is 4.88 Å². The fourth-order valence-electron chi connectivity index (χ4n) is 4.05. The number of fused-ring (bicyclic) bond motifs is 2. The first-order valence-corrected chi connectivity index (χ1v) is 11.1. The molecule has 0 saturated carbocycles. The van der Waals surface area contributed by atoms with Crippen LogP contribution in [0, 0.1) is 0 Å². The van der Waals surface area contributed by atoms with E-state index in [2.05, 4.69) is 26.6 Å². The van der Waals surface area contributed by atoms with Crippen LogP contribution in [0.4, 0.5) is 4.79 Å². The summed E-state index contributed by atoms with van der Waals surface area (Å²) in [5, 5.41) is 5.74. The topological polar surface area (TPSA) is 60.4 Å². The molecule has 1 atom stereocenters. The minimum absolute atomic E-state index is 0. The summed E-state index contributed by atoms with van der Waals surface area (Å²) in [5.74, 6) is 0.988. The van der Waals surface area contributed by atoms with Crippen molar-refractivity contribution in [2.45, 2.75) is 45.4 Å². The second-order valence-electron chi connectivity index (χ2n) is 8.76. The fourth-order valence-corrected chi connectivity index (χ4v) is 4.94. The molecule has 1 aromatic heterocycles. The number of hydrogen-bond donors (Lipinski definition) is 1. The van der Waals surface area contributed by atoms with Gasteiger partial charge in [0.2, 0.25) is 0 Å². The molecule has 4 rings (SSSR count). The molecular weight excluding hydrogens is 501 g/mol. The van der Waals surface area contributed by atoms with Crippen LogP contribution in [-0.4, -0.2) is 84.2 Å². The highest BCUT2D eigenvalue weighted by molar-refractivity contribution is 14.0. The number of thiophene rings is 1. The summed E-state index contributed by atoms with van der Waals surface area (Å²) in [6.07, 6.45) is 0.953. The third-order valence-corrected chi connectivity index (χ3v) is 6.48. The molecule has 162 valence electrons. The number of piperazine rings is 1. The van der Waals surface area contributed by atoms with E-state index in [0.29, 0.717) is 13.1 Å². The van der Waals surface area contributed by atoms with Gasteiger partial charge in [0.05, 0.1) is 12.6 Å². The van der Waals surface area contributed by atoms with Gasteiger partial charge in [-0.2, -0.15) is 0 Å². The summed E-state index contributed by atoms with van der Waals surface area (Å²) < 4.78 is 5.51. The zero-order valence-corrected chi connectivity index (χ0v) is 20.7. The lowest BCUT2D eigenvalue weighted by molar-refractivity contribution is 0.0137. The van der Waals surface area contributed by atoms with E-state index in [0.717, 1.165) is 45.2 Å². The Morgan fingerprint density at radius 1 is 1.34 bits per heavy atom. The van der Waals surface area contributed by atoms with Gasteiger partial charge in [0.1, 0.15) is 5.60 Å². The molecule has 1 N–H and O–H groups in total. The minimum atomic E-state index is -0.453. The molecule has 4 heterocycles. The number of amides is 1. The van der Waals surface area contributed by atoms with Gasteiger partial charge in [0, 0.05) is 50.7 Å². The van der Waals surface area contributed by atoms with E-state index in [1.807, 2.05) is 37.0 Å². The van der Waals surface area contributed by atoms with E-state index in [9.17, 15) is 4.79 Å². The van der Waals surface area contributed by atoms with Crippen LogP contribution in [0.2, 0.25) is 0 Å². The predicted molar refractivity (Wildman–Crippen MR) is 127 cm³/mol. The Labute approximate surface area is 194 Å². The maximum atomic E-state index is 12.3. The molecule has 1 aromatic rings. The fraction of sp³-hybridized carbons (Fsp3) is 0.700. The number of nitrogens with zero attached hydrogens (tertiary/aromatic N) is 4. The standard InChI is InChI=1S/C20H31N5O2S.HI/c1-20(2,3)27-19(26)24-9-10-25-16(14-24)12-22-18(25)21-6-8-23-7-4-17-15(13-23)5-11-28-17;/h5,11,16H,4,6-10,12-14H2,1-3H3,(H,21,22);1H. The quantitative estimate of drug-likeness (QED) is 0.606. The number of carbonyl (C=O) groups excluding carboxylic acids is 1. The number of aliphatic imine (C=N–C) groups is 1. The smallest absolute Gasteiger partial charge is 0.410 e. The van der Waals surface area contributed by atoms with Gasteiger partial charge in [-0.15, -0.1) is 35.3 Å². The van der Waals surface area contributed by atoms with Crippen molar-refractivity contribution in [1.29, 1.82) is 0 Å². The van der Waals surface area contributed by atoms with Gasteiger partial charge in [0.15, 0.2) is 5.96 Å². The van der Waals surface area contributed by atoms with Crippen LogP contribution in [0.15, 0.2) is 16.4 Å². The number of halogens is 1. The van der Waals surface area contributed by atoms with Crippen LogP contribution in [-0.2, 0) is 17.7 Å². The highest BCUT2D eigenvalue weighted by Gasteiger charge is 2.36. The monoisotopic (exact) mass is 533 g/mol. The van der Waals surface area contributed by atoms with Crippen molar-refractivity contribution in [3.8, 4) is 0 Å². The molecule has 3 aliphatic rings. The Morgan fingerprint density at radius 2 is 2.17 bits per heavy atom. The Hall–Kier alpha value is -1.07. The van der Waals surface area contributed by atoms with Gasteiger partial charge >= 0.3 is 6.09 Å². The van der Waals surface area contributed by atoms with Gasteiger partial charge in [-0.3, -0.25) is 9.89 Å². The number of hydrogen-bond acceptors (Lipinski definition) is 7. The lowest BCUT2D eigenvalue weighted by Gasteiger charge is -2.39. The summed E-state index contributed by atoms with van der Waals surface area (Å²) in [6.45, 7) is 12.7. The van der Waals surface area contributed by atoms with Crippen molar-refractivity contribution in [3.63, 3.8) is 0 Å². The number of carbonyl (C=O) groups is 1. The molecule has 0 bridgehead atoms. The molecule has 0 aromatic carbocycles. The minimum Gasteiger partial charge on any atom is -0.444 e. The molecule has 29 heavy (non-hydrogen) atoms. The molecular formula is C20H32IN5O2S. The predicted octanol–water partition coefficient (Wildman–Crippen LogP) is 2.60. The van der Waals surface area contributed by atoms with Crippen molar-refractivity contribution >= 4 is 47.4 Å². The summed E-state index contributed by atoms with van der Waals surface area (Å²) >= 11 is 1.88. The molecule has 0 aliphatic carbocycles. The zero-order valence-electron chi connectivity index (χ0n) is 17.5. The SMILES string of the molecule is CC(C)(C)OC(=O)N1CCN2C(NCCN3CCc4sccc4C3)=NCC2C1.I. The molecule has 0 radical (unpaired) electrons. The third-order valence-electron chi connectivity index (χ3n) is 5.46. The Kier molecular flexibility index (Phi) is 7.32. The molecule has 3 aliphatic heterocycles. The number of guanidine groups is 1. The lowest BCUT2D eigenvalue weighted by atomic mass is 10.1. The van der Waals surface area contributed by atoms with Gasteiger partial charge in [-0.05, 0) is 44.2 Å². The first kappa shape index (κ1) is 22.6. The Bertz CT molecular complexity index is 747. The highest BCUT2D eigenvalue weighted by atomic mass is 127. The van der Waals surface area contributed by atoms with E-state index in [1.165, 1.54) is 12.0 Å². The molecule has 1 unspecified atom stereocenters. The summed E-state index contributed by atoms with van der Waals surface area (Å²) in [4.78, 5) is 25.2. The van der Waals surface area contributed by atoms with E-state index in [-0.39, 0.29) is 36.1 Å². The lowest BCUT2D eigenvalue weighted by Crippen LogP contribution is -2.57. The second kappa shape index (κ2) is 9.38. The highest BCUT2D eigenvalue weighted by Crippen LogP contribution is 2.23. The van der Waals surface area contributed by atoms with Crippen molar-refractivity contribution in [2.75, 3.05) is 45.8 Å². The normalized spacial score (nSPS) is 21.8. The average Bonchev–Trinajstić information content (AvgIpc) is 3.26. The van der Waals surface area contributed by atoms with Crippen molar-refractivity contribution in [3.05, 3.63) is 21.9 Å². The van der Waals surface area contributed by atoms with Gasteiger partial charge in [-0.1, -0.05) is 0 Å². The van der Waals surface area contributed by atoms with Crippen LogP contribution in [0.1, 0.15) is 31.2 Å². The van der Waals surface area contributed by atoms with E-state index >= 15 is 0 Å². The zero-order chi connectivity index (χ0) is 19.7. The number of ether oxygens (including phenoxy) is 1. The number of nitrogens with one attached hydrogen (secondary N) is 1. The summed E-state index contributed by atoms with van der Waals surface area (Å²) in [7, 11) is 0. The van der Waals surface area contributed by atoms with Crippen molar-refractivity contribution in [1.82, 2.24) is 20.0 Å². The van der Waals surface area contributed by atoms with E-state index < -0.39 is 5.60 Å². The molecule has 1 fully saturated rings. The first-order valence-electron chi connectivity index (χ1n) is 10.2. The van der Waals surface area contributed by atoms with Gasteiger partial charge < -0.3 is 19.9 Å². The van der Waals surface area contributed by atoms with Gasteiger partial charge in [-0.25, -0.2) is 4.79 Å². The summed E-state index contributed by atoms with van der Waals surface area (Å²) in [5.41, 5.74) is 1.04. The van der Waals surface area contributed by atoms with Crippen molar-refractivity contribution < 1.29 is 9.53 Å². The van der Waals surface area contributed by atoms with Gasteiger partial charge in [0.25, 0.3) is 0 Å². The second-order valence-corrected chi connectivity index (χ2v) is 9.76. The van der Waals surface area contributed by atoms with Crippen LogP contribution < -0.4 is 5.32 Å². The van der Waals surface area contributed by atoms with Crippen LogP contribution in [0.5, 0.6) is 0 Å². The largest absolute Gasteiger partial charge is 0.444 e. The van der Waals surface area contributed by atoms with E-state index in [4.69, 9.17) is 9.73 Å². The van der Waals surface area contributed by atoms with Crippen LogP contribution >= 0.6 is 35.3 Å². The maximum absolute atomic E-state index is 12.3. The first-order chi connectivity index (χ1) is 13.4.